The maximum Gasteiger partial charge on any atom is 0.227 e. The van der Waals surface area contributed by atoms with Crippen LogP contribution < -0.4 is 4.90 Å². The summed E-state index contributed by atoms with van der Waals surface area (Å²) in [5.74, 6) is 1.55. The third-order valence-corrected chi connectivity index (χ3v) is 6.11. The highest BCUT2D eigenvalue weighted by Crippen LogP contribution is 2.30. The Morgan fingerprint density at radius 2 is 1.62 bits per heavy atom. The number of fused-ring (bicyclic) bond motifs is 2. The van der Waals surface area contributed by atoms with E-state index < -0.39 is 0 Å². The van der Waals surface area contributed by atoms with Gasteiger partial charge in [-0.1, -0.05) is 0 Å². The van der Waals surface area contributed by atoms with Crippen molar-refractivity contribution in [2.24, 2.45) is 0 Å². The number of likely N-dealkylation sites (N-methyl/N-ethyl adjacent to an activating group) is 1. The zero-order valence-electron chi connectivity index (χ0n) is 17.7. The fourth-order valence-corrected chi connectivity index (χ4v) is 4.20. The fraction of sp³-hybridized carbons (Fsp3) is 0.200. The number of phenols is 1. The predicted molar refractivity (Wildman–Crippen MR) is 126 cm³/mol. The number of H-pyrrole nitrogens is 1. The number of imidazole rings is 1. The molecule has 2 aromatic heterocycles. The molecule has 5 aromatic rings. The number of piperazine rings is 1. The number of nitrogens with one attached hydrogen (secondary N) is 1. The van der Waals surface area contributed by atoms with Crippen LogP contribution in [0.15, 0.2) is 65.1 Å². The van der Waals surface area contributed by atoms with Crippen LogP contribution in [-0.4, -0.2) is 58.2 Å². The van der Waals surface area contributed by atoms with Crippen molar-refractivity contribution >= 4 is 27.8 Å². The highest BCUT2D eigenvalue weighted by Gasteiger charge is 2.16. The number of rotatable bonds is 3. The van der Waals surface area contributed by atoms with Gasteiger partial charge in [0.05, 0.1) is 11.0 Å². The van der Waals surface area contributed by atoms with Crippen LogP contribution in [0.1, 0.15) is 0 Å². The van der Waals surface area contributed by atoms with Crippen LogP contribution in [0, 0.1) is 0 Å². The fourth-order valence-electron chi connectivity index (χ4n) is 4.20. The quantitative estimate of drug-likeness (QED) is 0.443. The third kappa shape index (κ3) is 3.36. The summed E-state index contributed by atoms with van der Waals surface area (Å²) >= 11 is 0. The average Bonchev–Trinajstić information content (AvgIpc) is 3.43. The minimum atomic E-state index is 0.216. The van der Waals surface area contributed by atoms with Crippen LogP contribution in [0.2, 0.25) is 0 Å². The first-order chi connectivity index (χ1) is 15.6. The molecule has 7 nitrogen and oxygen atoms in total. The predicted octanol–water partition coefficient (Wildman–Crippen LogP) is 4.50. The second-order valence-electron chi connectivity index (χ2n) is 8.33. The molecule has 7 heteroatoms. The second kappa shape index (κ2) is 7.39. The van der Waals surface area contributed by atoms with E-state index in [9.17, 15) is 5.11 Å². The maximum atomic E-state index is 9.50. The van der Waals surface area contributed by atoms with Crippen LogP contribution in [0.4, 0.5) is 5.69 Å². The Labute approximate surface area is 184 Å². The van der Waals surface area contributed by atoms with Gasteiger partial charge >= 0.3 is 0 Å². The number of oxazole rings is 1. The smallest absolute Gasteiger partial charge is 0.227 e. The van der Waals surface area contributed by atoms with E-state index in [4.69, 9.17) is 9.40 Å². The standard InChI is InChI=1S/C25H23N5O2/c1-29-10-12-30(13-11-29)18-5-8-20-21(15-18)27-24(26-20)17-4-9-23-22(14-17)28-25(32-23)16-2-6-19(31)7-3-16/h2-9,14-15,31H,10-13H2,1H3,(H,26,27). The summed E-state index contributed by atoms with van der Waals surface area (Å²) in [6.45, 7) is 4.23. The van der Waals surface area contributed by atoms with Crippen LogP contribution >= 0.6 is 0 Å². The van der Waals surface area contributed by atoms with E-state index in [1.54, 1.807) is 24.3 Å². The molecular weight excluding hydrogens is 402 g/mol. The molecule has 0 atom stereocenters. The van der Waals surface area contributed by atoms with Gasteiger partial charge < -0.3 is 24.3 Å². The summed E-state index contributed by atoms with van der Waals surface area (Å²) in [4.78, 5) is 17.7. The first-order valence-corrected chi connectivity index (χ1v) is 10.8. The Kier molecular flexibility index (Phi) is 4.36. The van der Waals surface area contributed by atoms with Crippen molar-refractivity contribution in [3.63, 3.8) is 0 Å². The lowest BCUT2D eigenvalue weighted by atomic mass is 10.2. The van der Waals surface area contributed by atoms with Crippen molar-refractivity contribution in [1.29, 1.82) is 0 Å². The largest absolute Gasteiger partial charge is 0.508 e. The molecule has 0 aliphatic carbocycles. The number of hydrogen-bond acceptors (Lipinski definition) is 6. The lowest BCUT2D eigenvalue weighted by Gasteiger charge is -2.34. The van der Waals surface area contributed by atoms with Crippen LogP contribution in [-0.2, 0) is 0 Å². The number of hydrogen-bond donors (Lipinski definition) is 2. The maximum absolute atomic E-state index is 9.50. The zero-order valence-corrected chi connectivity index (χ0v) is 17.7. The minimum Gasteiger partial charge on any atom is -0.508 e. The van der Waals surface area contributed by atoms with Gasteiger partial charge in [-0.15, -0.1) is 0 Å². The normalized spacial score (nSPS) is 15.1. The molecule has 0 radical (unpaired) electrons. The Hall–Kier alpha value is -3.84. The molecule has 32 heavy (non-hydrogen) atoms. The first kappa shape index (κ1) is 18.9. The van der Waals surface area contributed by atoms with Gasteiger partial charge in [-0.3, -0.25) is 0 Å². The molecule has 0 amide bonds. The summed E-state index contributed by atoms with van der Waals surface area (Å²) in [6, 6.07) is 19.2. The molecular formula is C25H23N5O2. The van der Waals surface area contributed by atoms with E-state index >= 15 is 0 Å². The molecule has 1 aliphatic rings. The Morgan fingerprint density at radius 3 is 2.44 bits per heavy atom. The summed E-state index contributed by atoms with van der Waals surface area (Å²) in [6.07, 6.45) is 0. The van der Waals surface area contributed by atoms with Gasteiger partial charge in [-0.2, -0.15) is 0 Å². The van der Waals surface area contributed by atoms with Gasteiger partial charge in [-0.25, -0.2) is 9.97 Å². The number of benzene rings is 3. The van der Waals surface area contributed by atoms with Gasteiger partial charge in [0.25, 0.3) is 0 Å². The van der Waals surface area contributed by atoms with E-state index in [-0.39, 0.29) is 5.75 Å². The highest BCUT2D eigenvalue weighted by atomic mass is 16.3. The molecule has 0 unspecified atom stereocenters. The number of aromatic amines is 1. The summed E-state index contributed by atoms with van der Waals surface area (Å²) < 4.78 is 5.90. The molecule has 1 saturated heterocycles. The summed E-state index contributed by atoms with van der Waals surface area (Å²) in [5, 5.41) is 9.50. The van der Waals surface area contributed by atoms with Gasteiger partial charge in [-0.05, 0) is 67.7 Å². The number of nitrogens with zero attached hydrogens (tertiary/aromatic N) is 4. The molecule has 0 saturated carbocycles. The van der Waals surface area contributed by atoms with E-state index in [1.807, 2.05) is 18.2 Å². The van der Waals surface area contributed by atoms with Crippen LogP contribution in [0.25, 0.3) is 45.0 Å². The topological polar surface area (TPSA) is 81.4 Å². The number of aromatic hydroxyl groups is 1. The van der Waals surface area contributed by atoms with Crippen molar-refractivity contribution in [1.82, 2.24) is 19.9 Å². The van der Waals surface area contributed by atoms with E-state index in [0.29, 0.717) is 11.5 Å². The average molecular weight is 425 g/mol. The Morgan fingerprint density at radius 1 is 0.844 bits per heavy atom. The van der Waals surface area contributed by atoms with E-state index in [0.717, 1.165) is 59.7 Å². The highest BCUT2D eigenvalue weighted by molar-refractivity contribution is 5.86. The van der Waals surface area contributed by atoms with Gasteiger partial charge in [0.1, 0.15) is 17.1 Å². The van der Waals surface area contributed by atoms with Crippen molar-refractivity contribution in [3.05, 3.63) is 60.7 Å². The van der Waals surface area contributed by atoms with Crippen molar-refractivity contribution < 1.29 is 9.52 Å². The molecule has 160 valence electrons. The van der Waals surface area contributed by atoms with Crippen molar-refractivity contribution in [2.45, 2.75) is 0 Å². The Bertz CT molecular complexity index is 1410. The van der Waals surface area contributed by atoms with Crippen molar-refractivity contribution in [3.8, 4) is 28.6 Å². The molecule has 6 rings (SSSR count). The molecule has 3 aromatic carbocycles. The lowest BCUT2D eigenvalue weighted by Crippen LogP contribution is -2.44. The Balaban J connectivity index is 1.32. The summed E-state index contributed by atoms with van der Waals surface area (Å²) in [7, 11) is 2.17. The third-order valence-electron chi connectivity index (χ3n) is 6.11. The van der Waals surface area contributed by atoms with Gasteiger partial charge in [0.2, 0.25) is 5.89 Å². The van der Waals surface area contributed by atoms with E-state index in [2.05, 4.69) is 45.0 Å². The molecule has 0 bridgehead atoms. The first-order valence-electron chi connectivity index (χ1n) is 10.8. The van der Waals surface area contributed by atoms with Gasteiger partial charge in [0.15, 0.2) is 5.58 Å². The van der Waals surface area contributed by atoms with Gasteiger partial charge in [0, 0.05) is 43.0 Å². The van der Waals surface area contributed by atoms with Crippen molar-refractivity contribution in [2.75, 3.05) is 38.1 Å². The molecule has 2 N–H and O–H groups in total. The minimum absolute atomic E-state index is 0.216. The molecule has 1 fully saturated rings. The zero-order chi connectivity index (χ0) is 21.7. The number of aromatic nitrogens is 3. The lowest BCUT2D eigenvalue weighted by molar-refractivity contribution is 0.313. The second-order valence-corrected chi connectivity index (χ2v) is 8.33. The molecule has 1 aliphatic heterocycles. The SMILES string of the molecule is CN1CCN(c2ccc3nc(-c4ccc5oc(-c6ccc(O)cc6)nc5c4)[nH]c3c2)CC1. The summed E-state index contributed by atoms with van der Waals surface area (Å²) in [5.41, 5.74) is 6.46. The van der Waals surface area contributed by atoms with Crippen LogP contribution in [0.3, 0.4) is 0 Å². The molecule has 3 heterocycles. The molecule has 0 spiro atoms. The number of anilines is 1. The number of phenolic OH excluding ortho intramolecular Hbond substituents is 1. The van der Waals surface area contributed by atoms with Crippen LogP contribution in [0.5, 0.6) is 5.75 Å². The monoisotopic (exact) mass is 425 g/mol. The van der Waals surface area contributed by atoms with E-state index in [1.165, 1.54) is 5.69 Å².